The number of benzene rings is 1. The summed E-state index contributed by atoms with van der Waals surface area (Å²) in [6, 6.07) is 7.19. The van der Waals surface area contributed by atoms with Gasteiger partial charge in [0.25, 0.3) is 5.91 Å². The third-order valence-corrected chi connectivity index (χ3v) is 4.25. The van der Waals surface area contributed by atoms with Crippen LogP contribution in [-0.4, -0.2) is 33.8 Å². The number of ether oxygens (including phenoxy) is 1. The van der Waals surface area contributed by atoms with Crippen LogP contribution in [0, 0.1) is 0 Å². The zero-order chi connectivity index (χ0) is 16.8. The van der Waals surface area contributed by atoms with Crippen LogP contribution < -0.4 is 10.1 Å². The minimum atomic E-state index is -0.0753. The quantitative estimate of drug-likeness (QED) is 0.884. The second-order valence-electron chi connectivity index (χ2n) is 5.96. The van der Waals surface area contributed by atoms with E-state index in [4.69, 9.17) is 4.74 Å². The Bertz CT molecular complexity index is 679. The van der Waals surface area contributed by atoms with Gasteiger partial charge in [0.2, 0.25) is 0 Å². The Hall–Kier alpha value is -2.37. The molecule has 128 valence electrons. The van der Waals surface area contributed by atoms with Crippen molar-refractivity contribution in [1.29, 1.82) is 0 Å². The molecule has 2 aromatic rings. The minimum Gasteiger partial charge on any atom is -0.494 e. The van der Waals surface area contributed by atoms with Crippen molar-refractivity contribution in [2.24, 2.45) is 0 Å². The molecule has 3 rings (SSSR count). The molecule has 2 heterocycles. The maximum atomic E-state index is 12.2. The van der Waals surface area contributed by atoms with E-state index in [1.54, 1.807) is 12.1 Å². The molecule has 0 saturated heterocycles. The van der Waals surface area contributed by atoms with Crippen molar-refractivity contribution in [2.75, 3.05) is 13.2 Å². The van der Waals surface area contributed by atoms with Crippen molar-refractivity contribution >= 4 is 5.91 Å². The first-order valence-electron chi connectivity index (χ1n) is 8.70. The molecule has 0 spiro atoms. The van der Waals surface area contributed by atoms with E-state index in [2.05, 4.69) is 20.1 Å². The molecular formula is C18H24N4O2. The van der Waals surface area contributed by atoms with Crippen LogP contribution in [-0.2, 0) is 19.4 Å². The molecule has 0 bridgehead atoms. The van der Waals surface area contributed by atoms with Gasteiger partial charge in [0.15, 0.2) is 0 Å². The summed E-state index contributed by atoms with van der Waals surface area (Å²) in [6.45, 7) is 4.11. The van der Waals surface area contributed by atoms with Crippen LogP contribution in [0.5, 0.6) is 5.75 Å². The van der Waals surface area contributed by atoms with Crippen LogP contribution >= 0.6 is 0 Å². The molecule has 0 saturated carbocycles. The van der Waals surface area contributed by atoms with Crippen LogP contribution in [0.3, 0.4) is 0 Å². The van der Waals surface area contributed by atoms with Crippen LogP contribution in [0.25, 0.3) is 0 Å². The molecule has 1 aliphatic heterocycles. The second-order valence-corrected chi connectivity index (χ2v) is 5.96. The van der Waals surface area contributed by atoms with Crippen molar-refractivity contribution in [2.45, 2.75) is 45.6 Å². The molecule has 1 N–H and O–H groups in total. The number of rotatable bonds is 6. The van der Waals surface area contributed by atoms with Gasteiger partial charge in [0.05, 0.1) is 6.61 Å². The number of aryl methyl sites for hydroxylation is 1. The topological polar surface area (TPSA) is 69.0 Å². The van der Waals surface area contributed by atoms with Gasteiger partial charge in [-0.15, -0.1) is 10.2 Å². The summed E-state index contributed by atoms with van der Waals surface area (Å²) in [4.78, 5) is 12.2. The molecule has 0 fully saturated rings. The number of aromatic nitrogens is 3. The number of hydrogen-bond acceptors (Lipinski definition) is 4. The number of carbonyl (C=O) groups excluding carboxylic acids is 1. The first kappa shape index (κ1) is 16.5. The maximum absolute atomic E-state index is 12.2. The Balaban J connectivity index is 1.53. The van der Waals surface area contributed by atoms with Gasteiger partial charge in [0.1, 0.15) is 17.4 Å². The lowest BCUT2D eigenvalue weighted by Crippen LogP contribution is -2.26. The normalized spacial score (nSPS) is 13.9. The lowest BCUT2D eigenvalue weighted by atomic mass is 10.2. The first-order valence-corrected chi connectivity index (χ1v) is 8.70. The molecule has 1 aromatic heterocycles. The predicted molar refractivity (Wildman–Crippen MR) is 91.2 cm³/mol. The number of fused-ring (bicyclic) bond motifs is 1. The monoisotopic (exact) mass is 328 g/mol. The molecule has 6 nitrogen and oxygen atoms in total. The van der Waals surface area contributed by atoms with Crippen molar-refractivity contribution < 1.29 is 9.53 Å². The van der Waals surface area contributed by atoms with E-state index in [1.165, 1.54) is 19.3 Å². The third-order valence-electron chi connectivity index (χ3n) is 4.25. The van der Waals surface area contributed by atoms with Crippen molar-refractivity contribution in [1.82, 2.24) is 20.1 Å². The van der Waals surface area contributed by atoms with E-state index >= 15 is 0 Å². The summed E-state index contributed by atoms with van der Waals surface area (Å²) < 4.78 is 7.60. The molecule has 6 heteroatoms. The number of amides is 1. The highest BCUT2D eigenvalue weighted by Crippen LogP contribution is 2.15. The van der Waals surface area contributed by atoms with Gasteiger partial charge in [-0.05, 0) is 44.0 Å². The Morgan fingerprint density at radius 1 is 1.21 bits per heavy atom. The first-order chi connectivity index (χ1) is 11.8. The molecule has 0 unspecified atom stereocenters. The van der Waals surface area contributed by atoms with E-state index in [1.807, 2.05) is 19.1 Å². The Labute approximate surface area is 142 Å². The Kier molecular flexibility index (Phi) is 5.46. The molecule has 0 atom stereocenters. The molecule has 1 aliphatic rings. The zero-order valence-electron chi connectivity index (χ0n) is 14.1. The fourth-order valence-corrected chi connectivity index (χ4v) is 2.99. The number of carbonyl (C=O) groups is 1. The third kappa shape index (κ3) is 3.93. The second kappa shape index (κ2) is 7.95. The van der Waals surface area contributed by atoms with Crippen molar-refractivity contribution in [3.63, 3.8) is 0 Å². The van der Waals surface area contributed by atoms with Gasteiger partial charge in [-0.3, -0.25) is 4.79 Å². The molecule has 0 radical (unpaired) electrons. The average molecular weight is 328 g/mol. The van der Waals surface area contributed by atoms with E-state index in [-0.39, 0.29) is 5.91 Å². The van der Waals surface area contributed by atoms with Crippen LogP contribution in [0.15, 0.2) is 24.3 Å². The van der Waals surface area contributed by atoms with E-state index in [0.717, 1.165) is 30.4 Å². The SMILES string of the molecule is CCOc1ccc(C(=O)NCCc2nnc3n2CCCCC3)cc1. The van der Waals surface area contributed by atoms with Crippen LogP contribution in [0.4, 0.5) is 0 Å². The molecule has 1 amide bonds. The molecule has 1 aromatic carbocycles. The highest BCUT2D eigenvalue weighted by atomic mass is 16.5. The molecular weight excluding hydrogens is 304 g/mol. The summed E-state index contributed by atoms with van der Waals surface area (Å²) in [6.07, 6.45) is 5.32. The highest BCUT2D eigenvalue weighted by Gasteiger charge is 2.14. The number of nitrogens with zero attached hydrogens (tertiary/aromatic N) is 3. The number of nitrogens with one attached hydrogen (secondary N) is 1. The van der Waals surface area contributed by atoms with E-state index in [0.29, 0.717) is 25.1 Å². The van der Waals surface area contributed by atoms with Gasteiger partial charge in [-0.25, -0.2) is 0 Å². The molecule has 24 heavy (non-hydrogen) atoms. The van der Waals surface area contributed by atoms with Gasteiger partial charge < -0.3 is 14.6 Å². The minimum absolute atomic E-state index is 0.0753. The fraction of sp³-hybridized carbons (Fsp3) is 0.500. The Morgan fingerprint density at radius 3 is 2.83 bits per heavy atom. The standard InChI is InChI=1S/C18H24N4O2/c1-2-24-15-9-7-14(8-10-15)18(23)19-12-11-17-21-20-16-6-4-3-5-13-22(16)17/h7-10H,2-6,11-13H2,1H3,(H,19,23). The summed E-state index contributed by atoms with van der Waals surface area (Å²) >= 11 is 0. The van der Waals surface area contributed by atoms with E-state index in [9.17, 15) is 4.79 Å². The van der Waals surface area contributed by atoms with Crippen molar-refractivity contribution in [3.05, 3.63) is 41.5 Å². The van der Waals surface area contributed by atoms with E-state index < -0.39 is 0 Å². The lowest BCUT2D eigenvalue weighted by Gasteiger charge is -2.08. The molecule has 0 aliphatic carbocycles. The lowest BCUT2D eigenvalue weighted by molar-refractivity contribution is 0.0954. The fourth-order valence-electron chi connectivity index (χ4n) is 2.99. The van der Waals surface area contributed by atoms with Gasteiger partial charge >= 0.3 is 0 Å². The van der Waals surface area contributed by atoms with Gasteiger partial charge in [-0.2, -0.15) is 0 Å². The predicted octanol–water partition coefficient (Wildman–Crippen LogP) is 2.38. The summed E-state index contributed by atoms with van der Waals surface area (Å²) in [5.41, 5.74) is 0.638. The van der Waals surface area contributed by atoms with Gasteiger partial charge in [-0.1, -0.05) is 6.42 Å². The number of hydrogen-bond donors (Lipinski definition) is 1. The maximum Gasteiger partial charge on any atom is 0.251 e. The highest BCUT2D eigenvalue weighted by molar-refractivity contribution is 5.94. The zero-order valence-corrected chi connectivity index (χ0v) is 14.1. The van der Waals surface area contributed by atoms with Crippen molar-refractivity contribution in [3.8, 4) is 5.75 Å². The van der Waals surface area contributed by atoms with Gasteiger partial charge in [0, 0.05) is 31.5 Å². The smallest absolute Gasteiger partial charge is 0.251 e. The average Bonchev–Trinajstić information content (AvgIpc) is 2.83. The summed E-state index contributed by atoms with van der Waals surface area (Å²) in [7, 11) is 0. The Morgan fingerprint density at radius 2 is 2.04 bits per heavy atom. The van der Waals surface area contributed by atoms with Crippen LogP contribution in [0.1, 0.15) is 48.2 Å². The summed E-state index contributed by atoms with van der Waals surface area (Å²) in [5, 5.41) is 11.5. The summed E-state index contributed by atoms with van der Waals surface area (Å²) in [5.74, 6) is 2.76. The van der Waals surface area contributed by atoms with Crippen LogP contribution in [0.2, 0.25) is 0 Å². The largest absolute Gasteiger partial charge is 0.494 e.